The molecule has 0 bridgehead atoms. The SMILES string of the molecule is Cc1cc(F)cc(NC2CCCNC(=O)C2)c1. The van der Waals surface area contributed by atoms with Gasteiger partial charge in [-0.05, 0) is 43.5 Å². The van der Waals surface area contributed by atoms with E-state index in [4.69, 9.17) is 0 Å². The zero-order chi connectivity index (χ0) is 12.3. The Bertz CT molecular complexity index is 400. The minimum atomic E-state index is -0.245. The standard InChI is InChI=1S/C13H17FN2O/c1-9-5-10(14)7-12(6-9)16-11-3-2-4-15-13(17)8-11/h5-7,11,16H,2-4,8H2,1H3,(H,15,17). The summed E-state index contributed by atoms with van der Waals surface area (Å²) in [6.07, 6.45) is 2.33. The first-order chi connectivity index (χ1) is 8.13. The summed E-state index contributed by atoms with van der Waals surface area (Å²) in [5.41, 5.74) is 1.63. The van der Waals surface area contributed by atoms with Crippen LogP contribution in [-0.4, -0.2) is 18.5 Å². The number of amides is 1. The van der Waals surface area contributed by atoms with E-state index in [1.54, 1.807) is 0 Å². The maximum absolute atomic E-state index is 13.2. The van der Waals surface area contributed by atoms with Crippen molar-refractivity contribution >= 4 is 11.6 Å². The maximum atomic E-state index is 13.2. The lowest BCUT2D eigenvalue weighted by Gasteiger charge is -2.17. The summed E-state index contributed by atoms with van der Waals surface area (Å²) in [6, 6.07) is 4.95. The van der Waals surface area contributed by atoms with E-state index in [1.807, 2.05) is 13.0 Å². The number of halogens is 1. The van der Waals surface area contributed by atoms with Crippen molar-refractivity contribution in [3.63, 3.8) is 0 Å². The van der Waals surface area contributed by atoms with Crippen LogP contribution in [0.2, 0.25) is 0 Å². The van der Waals surface area contributed by atoms with Gasteiger partial charge in [0.25, 0.3) is 0 Å². The van der Waals surface area contributed by atoms with Crippen molar-refractivity contribution in [1.82, 2.24) is 5.32 Å². The van der Waals surface area contributed by atoms with Crippen LogP contribution in [0.3, 0.4) is 0 Å². The number of benzene rings is 1. The Hall–Kier alpha value is -1.58. The van der Waals surface area contributed by atoms with Crippen molar-refractivity contribution in [2.24, 2.45) is 0 Å². The Morgan fingerprint density at radius 3 is 3.00 bits per heavy atom. The highest BCUT2D eigenvalue weighted by Crippen LogP contribution is 2.17. The summed E-state index contributed by atoms with van der Waals surface area (Å²) >= 11 is 0. The van der Waals surface area contributed by atoms with E-state index in [0.717, 1.165) is 30.6 Å². The maximum Gasteiger partial charge on any atom is 0.222 e. The summed E-state index contributed by atoms with van der Waals surface area (Å²) < 4.78 is 13.2. The van der Waals surface area contributed by atoms with Crippen LogP contribution in [0.15, 0.2) is 18.2 Å². The van der Waals surface area contributed by atoms with Crippen LogP contribution in [0.4, 0.5) is 10.1 Å². The third-order valence-electron chi connectivity index (χ3n) is 2.90. The van der Waals surface area contributed by atoms with Crippen LogP contribution in [-0.2, 0) is 4.79 Å². The van der Waals surface area contributed by atoms with E-state index < -0.39 is 0 Å². The fraction of sp³-hybridized carbons (Fsp3) is 0.462. The number of hydrogen-bond donors (Lipinski definition) is 2. The Balaban J connectivity index is 2.06. The molecule has 0 aliphatic carbocycles. The van der Waals surface area contributed by atoms with Gasteiger partial charge in [0.2, 0.25) is 5.91 Å². The lowest BCUT2D eigenvalue weighted by molar-refractivity contribution is -0.120. The van der Waals surface area contributed by atoms with Crippen molar-refractivity contribution in [1.29, 1.82) is 0 Å². The predicted molar refractivity (Wildman–Crippen MR) is 65.4 cm³/mol. The molecule has 1 aromatic carbocycles. The molecule has 1 heterocycles. The van der Waals surface area contributed by atoms with Gasteiger partial charge >= 0.3 is 0 Å². The highest BCUT2D eigenvalue weighted by molar-refractivity contribution is 5.77. The van der Waals surface area contributed by atoms with Crippen LogP contribution < -0.4 is 10.6 Å². The van der Waals surface area contributed by atoms with Crippen molar-refractivity contribution < 1.29 is 9.18 Å². The minimum absolute atomic E-state index is 0.0631. The van der Waals surface area contributed by atoms with Gasteiger partial charge in [-0.25, -0.2) is 4.39 Å². The smallest absolute Gasteiger partial charge is 0.222 e. The number of carbonyl (C=O) groups is 1. The van der Waals surface area contributed by atoms with Gasteiger partial charge in [-0.15, -0.1) is 0 Å². The van der Waals surface area contributed by atoms with E-state index in [0.29, 0.717) is 6.42 Å². The number of aryl methyl sites for hydroxylation is 1. The molecular formula is C13H17FN2O. The largest absolute Gasteiger partial charge is 0.382 e. The minimum Gasteiger partial charge on any atom is -0.382 e. The average Bonchev–Trinajstić information content (AvgIpc) is 2.41. The molecule has 0 aromatic heterocycles. The van der Waals surface area contributed by atoms with Crippen LogP contribution in [0, 0.1) is 12.7 Å². The van der Waals surface area contributed by atoms with Crippen LogP contribution >= 0.6 is 0 Å². The second-order valence-corrected chi connectivity index (χ2v) is 4.55. The highest BCUT2D eigenvalue weighted by Gasteiger charge is 2.17. The van der Waals surface area contributed by atoms with Gasteiger partial charge in [0.15, 0.2) is 0 Å². The predicted octanol–water partition coefficient (Wildman–Crippen LogP) is 2.21. The van der Waals surface area contributed by atoms with Crippen molar-refractivity contribution in [3.8, 4) is 0 Å². The van der Waals surface area contributed by atoms with E-state index in [1.165, 1.54) is 12.1 Å². The van der Waals surface area contributed by atoms with Crippen LogP contribution in [0.1, 0.15) is 24.8 Å². The summed E-state index contributed by atoms with van der Waals surface area (Å²) in [5.74, 6) is -0.182. The molecule has 1 aromatic rings. The fourth-order valence-corrected chi connectivity index (χ4v) is 2.15. The van der Waals surface area contributed by atoms with Gasteiger partial charge in [-0.1, -0.05) is 0 Å². The molecule has 1 amide bonds. The molecule has 1 atom stereocenters. The van der Waals surface area contributed by atoms with Gasteiger partial charge in [0, 0.05) is 24.7 Å². The zero-order valence-electron chi connectivity index (χ0n) is 9.92. The summed E-state index contributed by atoms with van der Waals surface area (Å²) in [4.78, 5) is 11.4. The first-order valence-electron chi connectivity index (χ1n) is 5.94. The molecule has 1 aliphatic heterocycles. The summed E-state index contributed by atoms with van der Waals surface area (Å²) in [6.45, 7) is 2.59. The van der Waals surface area contributed by atoms with Crippen molar-refractivity contribution in [2.75, 3.05) is 11.9 Å². The Morgan fingerprint density at radius 2 is 2.24 bits per heavy atom. The third-order valence-corrected chi connectivity index (χ3v) is 2.90. The van der Waals surface area contributed by atoms with E-state index in [9.17, 15) is 9.18 Å². The molecule has 0 spiro atoms. The summed E-state index contributed by atoms with van der Waals surface area (Å²) in [5, 5.41) is 6.06. The van der Waals surface area contributed by atoms with Crippen LogP contribution in [0.5, 0.6) is 0 Å². The second-order valence-electron chi connectivity index (χ2n) is 4.55. The van der Waals surface area contributed by atoms with Gasteiger partial charge in [-0.3, -0.25) is 4.79 Å². The molecule has 1 fully saturated rings. The molecule has 17 heavy (non-hydrogen) atoms. The fourth-order valence-electron chi connectivity index (χ4n) is 2.15. The lowest BCUT2D eigenvalue weighted by Crippen LogP contribution is -2.26. The second kappa shape index (κ2) is 5.17. The topological polar surface area (TPSA) is 41.1 Å². The first-order valence-corrected chi connectivity index (χ1v) is 5.94. The molecule has 1 unspecified atom stereocenters. The molecule has 4 heteroatoms. The molecule has 1 aliphatic rings. The van der Waals surface area contributed by atoms with Gasteiger partial charge in [0.1, 0.15) is 5.82 Å². The monoisotopic (exact) mass is 236 g/mol. The zero-order valence-corrected chi connectivity index (χ0v) is 9.92. The highest BCUT2D eigenvalue weighted by atomic mass is 19.1. The Morgan fingerprint density at radius 1 is 1.41 bits per heavy atom. The molecule has 2 rings (SSSR count). The molecule has 3 nitrogen and oxygen atoms in total. The molecule has 1 saturated heterocycles. The quantitative estimate of drug-likeness (QED) is 0.826. The van der Waals surface area contributed by atoms with Crippen molar-refractivity contribution in [2.45, 2.75) is 32.2 Å². The number of rotatable bonds is 2. The molecule has 2 N–H and O–H groups in total. The normalized spacial score (nSPS) is 20.6. The van der Waals surface area contributed by atoms with Gasteiger partial charge in [-0.2, -0.15) is 0 Å². The molecule has 92 valence electrons. The van der Waals surface area contributed by atoms with Crippen LogP contribution in [0.25, 0.3) is 0 Å². The lowest BCUT2D eigenvalue weighted by atomic mass is 10.1. The van der Waals surface area contributed by atoms with Gasteiger partial charge < -0.3 is 10.6 Å². The number of hydrogen-bond acceptors (Lipinski definition) is 2. The summed E-state index contributed by atoms with van der Waals surface area (Å²) in [7, 11) is 0. The first kappa shape index (κ1) is 11.9. The Kier molecular flexibility index (Phi) is 3.61. The van der Waals surface area contributed by atoms with E-state index >= 15 is 0 Å². The van der Waals surface area contributed by atoms with Crippen molar-refractivity contribution in [3.05, 3.63) is 29.6 Å². The number of nitrogens with one attached hydrogen (secondary N) is 2. The average molecular weight is 236 g/mol. The number of carbonyl (C=O) groups excluding carboxylic acids is 1. The van der Waals surface area contributed by atoms with E-state index in [2.05, 4.69) is 10.6 Å². The van der Waals surface area contributed by atoms with Gasteiger partial charge in [0.05, 0.1) is 0 Å². The Labute approximate surface area is 100 Å². The molecule has 0 radical (unpaired) electrons. The molecule has 0 saturated carbocycles. The molecular weight excluding hydrogens is 219 g/mol. The third kappa shape index (κ3) is 3.44. The van der Waals surface area contributed by atoms with E-state index in [-0.39, 0.29) is 17.8 Å². The number of anilines is 1.